The maximum absolute atomic E-state index is 12.2. The first kappa shape index (κ1) is 19.5. The van der Waals surface area contributed by atoms with Gasteiger partial charge >= 0.3 is 5.97 Å². The Morgan fingerprint density at radius 1 is 1.04 bits per heavy atom. The van der Waals surface area contributed by atoms with Gasteiger partial charge in [0.25, 0.3) is 0 Å². The minimum atomic E-state index is -1.03. The summed E-state index contributed by atoms with van der Waals surface area (Å²) in [4.78, 5) is 23.9. The molecule has 1 aliphatic rings. The molecule has 0 atom stereocenters. The molecule has 2 aromatic carbocycles. The molecule has 2 aromatic rings. The number of hydrogen-bond acceptors (Lipinski definition) is 4. The SMILES string of the molecule is CC(C)(C)c1ccc(/C=C/C(=O)Nc2ccc3c(c2)OCCO3)c(C(=O)O)c1. The van der Waals surface area contributed by atoms with Crippen molar-refractivity contribution >= 4 is 23.6 Å². The van der Waals surface area contributed by atoms with Gasteiger partial charge in [0.15, 0.2) is 11.5 Å². The fourth-order valence-electron chi connectivity index (χ4n) is 2.82. The Morgan fingerprint density at radius 2 is 1.75 bits per heavy atom. The summed E-state index contributed by atoms with van der Waals surface area (Å²) in [5, 5.41) is 12.2. The number of aromatic carboxylic acids is 1. The Morgan fingerprint density at radius 3 is 2.43 bits per heavy atom. The molecule has 0 saturated heterocycles. The van der Waals surface area contributed by atoms with Crippen molar-refractivity contribution in [2.45, 2.75) is 26.2 Å². The third kappa shape index (κ3) is 4.52. The van der Waals surface area contributed by atoms with Crippen LogP contribution in [0.1, 0.15) is 42.3 Å². The first-order chi connectivity index (χ1) is 13.2. The van der Waals surface area contributed by atoms with Crippen LogP contribution in [0.2, 0.25) is 0 Å². The van der Waals surface area contributed by atoms with Crippen molar-refractivity contribution in [1.29, 1.82) is 0 Å². The molecule has 0 spiro atoms. The van der Waals surface area contributed by atoms with Crippen LogP contribution in [0, 0.1) is 0 Å². The number of fused-ring (bicyclic) bond motifs is 1. The second kappa shape index (κ2) is 7.76. The van der Waals surface area contributed by atoms with E-state index in [1.54, 1.807) is 30.3 Å². The summed E-state index contributed by atoms with van der Waals surface area (Å²) in [5.74, 6) is -0.172. The summed E-state index contributed by atoms with van der Waals surface area (Å²) in [5.41, 5.74) is 1.96. The molecule has 0 bridgehead atoms. The van der Waals surface area contributed by atoms with E-state index in [4.69, 9.17) is 9.47 Å². The van der Waals surface area contributed by atoms with Crippen LogP contribution in [0.25, 0.3) is 6.08 Å². The van der Waals surface area contributed by atoms with E-state index in [-0.39, 0.29) is 16.9 Å². The number of nitrogens with one attached hydrogen (secondary N) is 1. The second-order valence-electron chi connectivity index (χ2n) is 7.54. The van der Waals surface area contributed by atoms with E-state index in [1.165, 1.54) is 12.2 Å². The number of carboxylic acid groups (broad SMARTS) is 1. The molecule has 1 heterocycles. The molecule has 1 amide bonds. The molecule has 6 heteroatoms. The van der Waals surface area contributed by atoms with Crippen molar-refractivity contribution in [3.63, 3.8) is 0 Å². The highest BCUT2D eigenvalue weighted by Gasteiger charge is 2.18. The van der Waals surface area contributed by atoms with Crippen LogP contribution in [0.5, 0.6) is 11.5 Å². The average Bonchev–Trinajstić information content (AvgIpc) is 2.65. The zero-order chi connectivity index (χ0) is 20.3. The van der Waals surface area contributed by atoms with Crippen LogP contribution >= 0.6 is 0 Å². The van der Waals surface area contributed by atoms with E-state index in [9.17, 15) is 14.7 Å². The summed E-state index contributed by atoms with van der Waals surface area (Å²) in [6.07, 6.45) is 2.82. The number of carbonyl (C=O) groups is 2. The van der Waals surface area contributed by atoms with Gasteiger partial charge in [-0.1, -0.05) is 32.9 Å². The van der Waals surface area contributed by atoms with E-state index >= 15 is 0 Å². The number of anilines is 1. The quantitative estimate of drug-likeness (QED) is 0.779. The fraction of sp³-hybridized carbons (Fsp3) is 0.273. The van der Waals surface area contributed by atoms with Gasteiger partial charge in [0.2, 0.25) is 5.91 Å². The first-order valence-electron chi connectivity index (χ1n) is 9.00. The van der Waals surface area contributed by atoms with Crippen LogP contribution in [-0.2, 0) is 10.2 Å². The molecule has 0 saturated carbocycles. The average molecular weight is 381 g/mol. The minimum Gasteiger partial charge on any atom is -0.486 e. The molecule has 0 aromatic heterocycles. The van der Waals surface area contributed by atoms with E-state index in [0.29, 0.717) is 36.0 Å². The number of amides is 1. The lowest BCUT2D eigenvalue weighted by molar-refractivity contribution is -0.111. The largest absolute Gasteiger partial charge is 0.486 e. The van der Waals surface area contributed by atoms with Crippen molar-refractivity contribution in [3.8, 4) is 11.5 Å². The number of hydrogen-bond donors (Lipinski definition) is 2. The van der Waals surface area contributed by atoms with Crippen molar-refractivity contribution in [2.75, 3.05) is 18.5 Å². The summed E-state index contributed by atoms with van der Waals surface area (Å²) in [7, 11) is 0. The number of ether oxygens (including phenoxy) is 2. The fourth-order valence-corrected chi connectivity index (χ4v) is 2.82. The lowest BCUT2D eigenvalue weighted by atomic mass is 9.85. The topological polar surface area (TPSA) is 84.9 Å². The lowest BCUT2D eigenvalue weighted by Crippen LogP contribution is -2.16. The van der Waals surface area contributed by atoms with Gasteiger partial charge in [0.05, 0.1) is 5.56 Å². The van der Waals surface area contributed by atoms with Crippen molar-refractivity contribution in [3.05, 3.63) is 59.2 Å². The van der Waals surface area contributed by atoms with Gasteiger partial charge in [-0.2, -0.15) is 0 Å². The predicted octanol–water partition coefficient (Wildman–Crippen LogP) is 4.11. The van der Waals surface area contributed by atoms with Gasteiger partial charge in [-0.25, -0.2) is 4.79 Å². The molecule has 28 heavy (non-hydrogen) atoms. The summed E-state index contributed by atoms with van der Waals surface area (Å²) >= 11 is 0. The molecule has 0 radical (unpaired) electrons. The molecule has 146 valence electrons. The van der Waals surface area contributed by atoms with E-state index in [0.717, 1.165) is 5.56 Å². The van der Waals surface area contributed by atoms with Crippen LogP contribution < -0.4 is 14.8 Å². The van der Waals surface area contributed by atoms with Gasteiger partial charge in [-0.3, -0.25) is 4.79 Å². The number of benzene rings is 2. The number of carbonyl (C=O) groups excluding carboxylic acids is 1. The highest BCUT2D eigenvalue weighted by atomic mass is 16.6. The van der Waals surface area contributed by atoms with Crippen LogP contribution in [0.15, 0.2) is 42.5 Å². The Labute approximate surface area is 163 Å². The van der Waals surface area contributed by atoms with Crippen LogP contribution in [0.3, 0.4) is 0 Å². The molecule has 0 unspecified atom stereocenters. The van der Waals surface area contributed by atoms with Crippen molar-refractivity contribution in [1.82, 2.24) is 0 Å². The molecule has 0 fully saturated rings. The highest BCUT2D eigenvalue weighted by molar-refractivity contribution is 6.03. The minimum absolute atomic E-state index is 0.163. The van der Waals surface area contributed by atoms with E-state index in [2.05, 4.69) is 5.32 Å². The summed E-state index contributed by atoms with van der Waals surface area (Å²) in [6, 6.07) is 10.4. The van der Waals surface area contributed by atoms with Gasteiger partial charge < -0.3 is 19.9 Å². The number of carboxylic acids is 1. The monoisotopic (exact) mass is 381 g/mol. The third-order valence-corrected chi connectivity index (χ3v) is 4.37. The molecule has 2 N–H and O–H groups in total. The molecule has 6 nitrogen and oxygen atoms in total. The Hall–Kier alpha value is -3.28. The zero-order valence-corrected chi connectivity index (χ0v) is 16.1. The molecule has 1 aliphatic heterocycles. The van der Waals surface area contributed by atoms with Gasteiger partial charge in [0, 0.05) is 17.8 Å². The Balaban J connectivity index is 1.76. The lowest BCUT2D eigenvalue weighted by Gasteiger charge is -2.20. The van der Waals surface area contributed by atoms with Gasteiger partial charge in [-0.05, 0) is 40.8 Å². The maximum Gasteiger partial charge on any atom is 0.336 e. The normalized spacial score (nSPS) is 13.4. The van der Waals surface area contributed by atoms with Gasteiger partial charge in [-0.15, -0.1) is 0 Å². The Kier molecular flexibility index (Phi) is 5.40. The van der Waals surface area contributed by atoms with Crippen LogP contribution in [0.4, 0.5) is 5.69 Å². The van der Waals surface area contributed by atoms with E-state index in [1.807, 2.05) is 26.8 Å². The summed E-state index contributed by atoms with van der Waals surface area (Å²) < 4.78 is 10.9. The standard InChI is InChI=1S/C22H23NO5/c1-22(2,3)15-6-4-14(17(12-15)21(25)26)5-9-20(24)23-16-7-8-18-19(13-16)28-11-10-27-18/h4-9,12-13H,10-11H2,1-3H3,(H,23,24)(H,25,26)/b9-5+. The summed E-state index contributed by atoms with van der Waals surface area (Å²) in [6.45, 7) is 7.02. The molecule has 3 rings (SSSR count). The molecular weight excluding hydrogens is 358 g/mol. The second-order valence-corrected chi connectivity index (χ2v) is 7.54. The van der Waals surface area contributed by atoms with Crippen molar-refractivity contribution < 1.29 is 24.2 Å². The van der Waals surface area contributed by atoms with Crippen LogP contribution in [-0.4, -0.2) is 30.2 Å². The predicted molar refractivity (Wildman–Crippen MR) is 107 cm³/mol. The zero-order valence-electron chi connectivity index (χ0n) is 16.1. The smallest absolute Gasteiger partial charge is 0.336 e. The van der Waals surface area contributed by atoms with E-state index < -0.39 is 5.97 Å². The van der Waals surface area contributed by atoms with Gasteiger partial charge in [0.1, 0.15) is 13.2 Å². The number of rotatable bonds is 4. The Bertz CT molecular complexity index is 940. The highest BCUT2D eigenvalue weighted by Crippen LogP contribution is 2.32. The molecule has 0 aliphatic carbocycles. The molecular formula is C22H23NO5. The first-order valence-corrected chi connectivity index (χ1v) is 9.00. The van der Waals surface area contributed by atoms with Crippen molar-refractivity contribution in [2.24, 2.45) is 0 Å². The third-order valence-electron chi connectivity index (χ3n) is 4.37. The maximum atomic E-state index is 12.2.